The van der Waals surface area contributed by atoms with Gasteiger partial charge in [0.2, 0.25) is 0 Å². The van der Waals surface area contributed by atoms with Crippen LogP contribution in [0.25, 0.3) is 0 Å². The molecular weight excluding hydrogens is 462 g/mol. The average Bonchev–Trinajstić information content (AvgIpc) is 2.98. The third kappa shape index (κ3) is 3.39. The Balaban J connectivity index is 1.75. The van der Waals surface area contributed by atoms with Crippen molar-refractivity contribution in [3.63, 3.8) is 0 Å². The Morgan fingerprint density at radius 3 is 2.61 bits per heavy atom. The molecule has 2 aromatic rings. The molecule has 4 rings (SSSR count). The highest BCUT2D eigenvalue weighted by Crippen LogP contribution is 2.48. The predicted molar refractivity (Wildman–Crippen MR) is 113 cm³/mol. The van der Waals surface area contributed by atoms with Gasteiger partial charge in [-0.1, -0.05) is 0 Å². The van der Waals surface area contributed by atoms with Gasteiger partial charge in [-0.2, -0.15) is 18.4 Å². The number of nitriles is 1. The molecule has 0 unspecified atom stereocenters. The van der Waals surface area contributed by atoms with Crippen LogP contribution in [0, 0.1) is 17.1 Å². The summed E-state index contributed by atoms with van der Waals surface area (Å²) in [6, 6.07) is 5.16. The van der Waals surface area contributed by atoms with E-state index in [1.807, 2.05) is 0 Å². The third-order valence-corrected chi connectivity index (χ3v) is 6.07. The molecule has 7 nitrogen and oxygen atoms in total. The summed E-state index contributed by atoms with van der Waals surface area (Å²) in [5.41, 5.74) is -4.30. The minimum absolute atomic E-state index is 0.0520. The Labute approximate surface area is 194 Å². The molecule has 1 spiro atoms. The number of anilines is 2. The molecule has 1 aromatic carbocycles. The van der Waals surface area contributed by atoms with Crippen LogP contribution >= 0.6 is 12.2 Å². The van der Waals surface area contributed by atoms with Crippen LogP contribution < -0.4 is 15.1 Å². The highest BCUT2D eigenvalue weighted by molar-refractivity contribution is 7.81. The Hall–Kier alpha value is -3.59. The number of nitrogens with zero attached hydrogens (tertiary/aromatic N) is 4. The molecule has 1 aromatic heterocycles. The zero-order chi connectivity index (χ0) is 26.6. The van der Waals surface area contributed by atoms with E-state index >= 15 is 0 Å². The second kappa shape index (κ2) is 7.77. The summed E-state index contributed by atoms with van der Waals surface area (Å²) >= 11 is 5.43. The molecule has 2 aliphatic rings. The fourth-order valence-corrected chi connectivity index (χ4v) is 4.45. The zero-order valence-electron chi connectivity index (χ0n) is 19.5. The van der Waals surface area contributed by atoms with Crippen molar-refractivity contribution in [1.82, 2.24) is 10.3 Å². The van der Waals surface area contributed by atoms with Crippen molar-refractivity contribution in [3.05, 3.63) is 53.1 Å². The lowest BCUT2D eigenvalue weighted by atomic mass is 9.75. The fraction of sp³-hybridized carbons (Fsp3) is 0.286. The van der Waals surface area contributed by atoms with Crippen molar-refractivity contribution in [2.24, 2.45) is 0 Å². The van der Waals surface area contributed by atoms with Gasteiger partial charge in [0.1, 0.15) is 17.4 Å². The molecule has 0 bridgehead atoms. The van der Waals surface area contributed by atoms with Gasteiger partial charge in [0.05, 0.1) is 23.0 Å². The van der Waals surface area contributed by atoms with Gasteiger partial charge in [0, 0.05) is 16.8 Å². The Bertz CT molecular complexity index is 1340. The quantitative estimate of drug-likeness (QED) is 0.534. The average molecular weight is 480 g/mol. The van der Waals surface area contributed by atoms with Crippen molar-refractivity contribution in [2.75, 3.05) is 16.8 Å². The number of pyridine rings is 1. The number of hydrogen-bond donors (Lipinski definition) is 1. The number of thiocarbonyl (C=S) groups is 1. The van der Waals surface area contributed by atoms with Crippen molar-refractivity contribution < 1.29 is 31.3 Å². The van der Waals surface area contributed by atoms with Crippen LogP contribution in [-0.4, -0.2) is 34.4 Å². The number of hydrogen-bond acceptors (Lipinski definition) is 5. The molecule has 1 aliphatic carbocycles. The van der Waals surface area contributed by atoms with Crippen LogP contribution in [0.3, 0.4) is 0 Å². The van der Waals surface area contributed by atoms with E-state index in [9.17, 15) is 27.2 Å². The van der Waals surface area contributed by atoms with E-state index in [0.717, 1.165) is 23.2 Å². The monoisotopic (exact) mass is 480 g/mol. The molecule has 1 saturated heterocycles. The summed E-state index contributed by atoms with van der Waals surface area (Å²) in [4.78, 5) is 31.2. The number of alkyl halides is 3. The summed E-state index contributed by atoms with van der Waals surface area (Å²) in [7, 11) is 0. The number of carbonyl (C=O) groups is 2. The molecule has 0 atom stereocenters. The van der Waals surface area contributed by atoms with Crippen LogP contribution in [-0.2, 0) is 11.0 Å². The maximum Gasteiger partial charge on any atom is 0.419 e. The number of carbonyl (C=O) groups excluding carboxylic acids is 2. The molecule has 2 heterocycles. The Morgan fingerprint density at radius 2 is 2.06 bits per heavy atom. The van der Waals surface area contributed by atoms with E-state index in [1.54, 1.807) is 5.32 Å². The van der Waals surface area contributed by atoms with Crippen LogP contribution in [0.2, 0.25) is 0 Å². The molecule has 1 N–H and O–H groups in total. The summed E-state index contributed by atoms with van der Waals surface area (Å²) in [6.45, 7) is -2.84. The summed E-state index contributed by atoms with van der Waals surface area (Å²) < 4.78 is 76.5. The maximum atomic E-state index is 14.8. The van der Waals surface area contributed by atoms with E-state index in [2.05, 4.69) is 4.98 Å². The van der Waals surface area contributed by atoms with Crippen molar-refractivity contribution in [3.8, 4) is 6.07 Å². The zero-order valence-corrected chi connectivity index (χ0v) is 17.4. The molecule has 0 radical (unpaired) electrons. The molecule has 12 heteroatoms. The van der Waals surface area contributed by atoms with Gasteiger partial charge < -0.3 is 10.2 Å². The minimum atomic E-state index is -4.92. The highest BCUT2D eigenvalue weighted by atomic mass is 32.1. The number of nitrogens with one attached hydrogen (secondary N) is 1. The molecule has 1 aliphatic heterocycles. The number of rotatable bonds is 3. The van der Waals surface area contributed by atoms with Crippen molar-refractivity contribution >= 4 is 40.5 Å². The van der Waals surface area contributed by atoms with Gasteiger partial charge in [-0.15, -0.1) is 0 Å². The fourth-order valence-electron chi connectivity index (χ4n) is 3.98. The van der Waals surface area contributed by atoms with Crippen LogP contribution in [0.15, 0.2) is 30.5 Å². The lowest BCUT2D eigenvalue weighted by molar-refractivity contribution is -0.138. The first-order valence-corrected chi connectivity index (χ1v) is 9.88. The van der Waals surface area contributed by atoms with Gasteiger partial charge in [-0.05, 0) is 55.7 Å². The third-order valence-electron chi connectivity index (χ3n) is 5.70. The van der Waals surface area contributed by atoms with E-state index < -0.39 is 53.1 Å². The van der Waals surface area contributed by atoms with Crippen molar-refractivity contribution in [1.29, 1.82) is 5.26 Å². The normalized spacial score (nSPS) is 18.9. The smallest absolute Gasteiger partial charge is 0.355 e. The molecule has 170 valence electrons. The van der Waals surface area contributed by atoms with Gasteiger partial charge >= 0.3 is 6.18 Å². The van der Waals surface area contributed by atoms with Gasteiger partial charge in [-0.25, -0.2) is 9.37 Å². The van der Waals surface area contributed by atoms with E-state index in [0.29, 0.717) is 12.5 Å². The number of amides is 2. The Morgan fingerprint density at radius 1 is 1.33 bits per heavy atom. The first kappa shape index (κ1) is 18.9. The van der Waals surface area contributed by atoms with E-state index in [-0.39, 0.29) is 29.3 Å². The predicted octanol–water partition coefficient (Wildman–Crippen LogP) is 3.53. The first-order chi connectivity index (χ1) is 16.7. The molecule has 2 amide bonds. The lowest BCUT2D eigenvalue weighted by Gasteiger charge is -2.43. The number of aromatic nitrogens is 1. The van der Waals surface area contributed by atoms with E-state index in [1.165, 1.54) is 17.0 Å². The van der Waals surface area contributed by atoms with Crippen molar-refractivity contribution in [2.45, 2.75) is 31.0 Å². The van der Waals surface area contributed by atoms with Crippen LogP contribution in [0.5, 0.6) is 0 Å². The highest BCUT2D eigenvalue weighted by Gasteiger charge is 2.59. The van der Waals surface area contributed by atoms with Gasteiger partial charge in [0.25, 0.3) is 11.8 Å². The van der Waals surface area contributed by atoms with Crippen LogP contribution in [0.1, 0.15) is 45.0 Å². The summed E-state index contributed by atoms with van der Waals surface area (Å²) in [6.07, 6.45) is -2.83. The summed E-state index contributed by atoms with van der Waals surface area (Å²) in [5.74, 6) is -2.90. The minimum Gasteiger partial charge on any atom is -0.355 e. The van der Waals surface area contributed by atoms with Crippen LogP contribution in [0.4, 0.5) is 28.9 Å². The second-order valence-corrected chi connectivity index (χ2v) is 7.83. The SMILES string of the molecule is [2H]C([2H])([2H])NC(=O)c1ccc(N2C(=S)N(c3cnc(C#N)c(C(F)(F)F)c3)C(=O)C23CCC3)cc1F. The Kier molecular flexibility index (Phi) is 4.46. The molecule has 33 heavy (non-hydrogen) atoms. The second-order valence-electron chi connectivity index (χ2n) is 7.46. The lowest BCUT2D eigenvalue weighted by Crippen LogP contribution is -2.55. The molecule has 1 saturated carbocycles. The summed E-state index contributed by atoms with van der Waals surface area (Å²) in [5, 5.41) is 10.4. The number of benzene rings is 1. The first-order valence-electron chi connectivity index (χ1n) is 11.0. The molecule has 2 fully saturated rings. The topological polar surface area (TPSA) is 89.3 Å². The van der Waals surface area contributed by atoms with Gasteiger partial charge in [-0.3, -0.25) is 14.5 Å². The maximum absolute atomic E-state index is 14.8. The largest absolute Gasteiger partial charge is 0.419 e. The molecular formula is C21H15F4N5O2S. The number of halogens is 4. The van der Waals surface area contributed by atoms with E-state index in [4.69, 9.17) is 21.6 Å². The standard InChI is InChI=1S/C21H15F4N5O2S/c1-27-17(31)13-4-3-11(8-15(13)22)30-19(33)29(18(32)20(30)5-2-6-20)12-7-14(21(23,24)25)16(9-26)28-10-12/h3-4,7-8,10H,2,5-6H2,1H3,(H,27,31)/i1D3. The van der Waals surface area contributed by atoms with Gasteiger partial charge in [0.15, 0.2) is 10.8 Å².